The highest BCUT2D eigenvalue weighted by atomic mass is 16.5. The summed E-state index contributed by atoms with van der Waals surface area (Å²) < 4.78 is 12.3. The van der Waals surface area contributed by atoms with Gasteiger partial charge in [0.05, 0.1) is 31.5 Å². The van der Waals surface area contributed by atoms with Crippen LogP contribution in [0.15, 0.2) is 77.6 Å². The highest BCUT2D eigenvalue weighted by Gasteiger charge is 2.30. The van der Waals surface area contributed by atoms with Gasteiger partial charge in [-0.2, -0.15) is 0 Å². The molecule has 1 aromatic heterocycles. The van der Waals surface area contributed by atoms with Gasteiger partial charge in [0, 0.05) is 37.1 Å². The number of piperazine rings is 1. The third-order valence-electron chi connectivity index (χ3n) is 7.28. The van der Waals surface area contributed by atoms with Gasteiger partial charge in [-0.15, -0.1) is 0 Å². The maximum atomic E-state index is 14.0. The van der Waals surface area contributed by atoms with E-state index in [-0.39, 0.29) is 31.1 Å². The van der Waals surface area contributed by atoms with Crippen LogP contribution in [0.25, 0.3) is 10.9 Å². The monoisotopic (exact) mass is 555 g/mol. The van der Waals surface area contributed by atoms with E-state index in [1.54, 1.807) is 47.8 Å². The molecule has 5 rings (SSSR count). The molecule has 0 spiro atoms. The van der Waals surface area contributed by atoms with Crippen LogP contribution >= 0.6 is 0 Å². The van der Waals surface area contributed by atoms with E-state index in [4.69, 9.17) is 9.47 Å². The molecule has 8 heteroatoms. The zero-order valence-electron chi connectivity index (χ0n) is 23.1. The largest absolute Gasteiger partial charge is 0.497 e. The molecule has 8 nitrogen and oxygen atoms in total. The number of nitrogens with zero attached hydrogens (tertiary/aromatic N) is 3. The minimum Gasteiger partial charge on any atom is -0.497 e. The predicted octanol–water partition coefficient (Wildman–Crippen LogP) is 5.14. The number of benzene rings is 3. The molecule has 0 aliphatic carbocycles. The number of hydrogen-bond acceptors (Lipinski definition) is 6. The summed E-state index contributed by atoms with van der Waals surface area (Å²) in [6.45, 7) is 6.06. The van der Waals surface area contributed by atoms with E-state index in [0.717, 1.165) is 22.0 Å². The van der Waals surface area contributed by atoms with E-state index in [1.807, 2.05) is 60.4 Å². The fourth-order valence-electron chi connectivity index (χ4n) is 5.24. The molecule has 1 saturated heterocycles. The standard InChI is InChI=1S/C32H33N3O5.CH4/c1-4-40-32(38)28-29(33-16-18-34(19-17-33)30(36)24-11-13-25(39-3)14-12-24)26-20-22(2)10-15-27(26)35(31(28)37)21-23-8-6-5-7-9-23;/h5-15,20H,4,16-19,21H2,1-3H3;1H4. The summed E-state index contributed by atoms with van der Waals surface area (Å²) in [4.78, 5) is 44.4. The van der Waals surface area contributed by atoms with Gasteiger partial charge in [-0.1, -0.05) is 49.4 Å². The minimum absolute atomic E-state index is 0. The Labute approximate surface area is 240 Å². The normalized spacial score (nSPS) is 13.0. The lowest BCUT2D eigenvalue weighted by Gasteiger charge is -2.37. The van der Waals surface area contributed by atoms with Crippen molar-refractivity contribution < 1.29 is 19.1 Å². The number of hydrogen-bond donors (Lipinski definition) is 0. The van der Waals surface area contributed by atoms with E-state index in [9.17, 15) is 14.4 Å². The first-order valence-electron chi connectivity index (χ1n) is 13.5. The minimum atomic E-state index is -0.635. The quantitative estimate of drug-likeness (QED) is 0.294. The number of carbonyl (C=O) groups excluding carboxylic acids is 2. The third-order valence-corrected chi connectivity index (χ3v) is 7.28. The molecular formula is C33H37N3O5. The van der Waals surface area contributed by atoms with Crippen molar-refractivity contribution >= 4 is 28.5 Å². The Bertz CT molecular complexity index is 1590. The lowest BCUT2D eigenvalue weighted by atomic mass is 10.0. The molecule has 0 radical (unpaired) electrons. The van der Waals surface area contributed by atoms with Crippen LogP contribution in [-0.4, -0.2) is 61.2 Å². The SMILES string of the molecule is C.CCOC(=O)c1c(N2CCN(C(=O)c3ccc(OC)cc3)CC2)c2cc(C)ccc2n(Cc2ccccc2)c1=O. The van der Waals surface area contributed by atoms with Crippen LogP contribution in [0.1, 0.15) is 46.2 Å². The van der Waals surface area contributed by atoms with Crippen LogP contribution in [0, 0.1) is 6.92 Å². The van der Waals surface area contributed by atoms with E-state index >= 15 is 0 Å². The van der Waals surface area contributed by atoms with Crippen LogP contribution in [-0.2, 0) is 11.3 Å². The summed E-state index contributed by atoms with van der Waals surface area (Å²) in [6.07, 6.45) is 0. The van der Waals surface area contributed by atoms with Gasteiger partial charge in [-0.05, 0) is 55.8 Å². The van der Waals surface area contributed by atoms with Crippen molar-refractivity contribution in [2.24, 2.45) is 0 Å². The van der Waals surface area contributed by atoms with Crippen LogP contribution in [0.5, 0.6) is 5.75 Å². The van der Waals surface area contributed by atoms with Crippen molar-refractivity contribution in [3.63, 3.8) is 0 Å². The predicted molar refractivity (Wildman–Crippen MR) is 162 cm³/mol. The molecule has 4 aromatic rings. The number of amides is 1. The number of anilines is 1. The number of rotatable bonds is 7. The third kappa shape index (κ3) is 5.96. The number of aryl methyl sites for hydroxylation is 1. The summed E-state index contributed by atoms with van der Waals surface area (Å²) in [5, 5.41) is 0.813. The average Bonchev–Trinajstić information content (AvgIpc) is 2.98. The van der Waals surface area contributed by atoms with Gasteiger partial charge in [0.25, 0.3) is 11.5 Å². The van der Waals surface area contributed by atoms with Crippen molar-refractivity contribution in [2.45, 2.75) is 27.8 Å². The fourth-order valence-corrected chi connectivity index (χ4v) is 5.24. The number of aromatic nitrogens is 1. The first-order chi connectivity index (χ1) is 19.4. The fraction of sp³-hybridized carbons (Fsp3) is 0.303. The molecule has 2 heterocycles. The topological polar surface area (TPSA) is 81.1 Å². The Balaban J connectivity index is 0.00000387. The molecule has 1 aliphatic rings. The smallest absolute Gasteiger partial charge is 0.345 e. The van der Waals surface area contributed by atoms with Gasteiger partial charge in [-0.3, -0.25) is 9.59 Å². The second-order valence-electron chi connectivity index (χ2n) is 9.85. The summed E-state index contributed by atoms with van der Waals surface area (Å²) >= 11 is 0. The van der Waals surface area contributed by atoms with Gasteiger partial charge in [-0.25, -0.2) is 4.79 Å². The lowest BCUT2D eigenvalue weighted by molar-refractivity contribution is 0.0523. The van der Waals surface area contributed by atoms with E-state index in [1.165, 1.54) is 0 Å². The Morgan fingerprint density at radius 2 is 1.59 bits per heavy atom. The first kappa shape index (κ1) is 29.4. The van der Waals surface area contributed by atoms with Crippen LogP contribution in [0.3, 0.4) is 0 Å². The molecule has 0 bridgehead atoms. The van der Waals surface area contributed by atoms with Gasteiger partial charge in [0.1, 0.15) is 11.3 Å². The number of ether oxygens (including phenoxy) is 2. The molecule has 0 N–H and O–H groups in total. The van der Waals surface area contributed by atoms with Crippen molar-refractivity contribution in [2.75, 3.05) is 44.8 Å². The van der Waals surface area contributed by atoms with Gasteiger partial charge in [0.2, 0.25) is 0 Å². The Kier molecular flexibility index (Phi) is 9.12. The second-order valence-corrected chi connectivity index (χ2v) is 9.85. The number of esters is 1. The Hall–Kier alpha value is -4.59. The van der Waals surface area contributed by atoms with E-state index in [0.29, 0.717) is 49.7 Å². The molecule has 1 amide bonds. The van der Waals surface area contributed by atoms with Gasteiger partial charge in [0.15, 0.2) is 0 Å². The van der Waals surface area contributed by atoms with Crippen LogP contribution < -0.4 is 15.2 Å². The molecular weight excluding hydrogens is 518 g/mol. The van der Waals surface area contributed by atoms with Crippen molar-refractivity contribution in [1.82, 2.24) is 9.47 Å². The maximum Gasteiger partial charge on any atom is 0.345 e. The number of pyridine rings is 1. The van der Waals surface area contributed by atoms with Crippen molar-refractivity contribution in [3.8, 4) is 5.75 Å². The highest BCUT2D eigenvalue weighted by molar-refractivity contribution is 6.06. The molecule has 1 fully saturated rings. The van der Waals surface area contributed by atoms with Crippen molar-refractivity contribution in [3.05, 3.63) is 105 Å². The maximum absolute atomic E-state index is 14.0. The average molecular weight is 556 g/mol. The molecule has 0 unspecified atom stereocenters. The highest BCUT2D eigenvalue weighted by Crippen LogP contribution is 2.32. The molecule has 0 atom stereocenters. The number of carbonyl (C=O) groups is 2. The van der Waals surface area contributed by atoms with Crippen LogP contribution in [0.4, 0.5) is 5.69 Å². The van der Waals surface area contributed by atoms with Crippen molar-refractivity contribution in [1.29, 1.82) is 0 Å². The van der Waals surface area contributed by atoms with Crippen LogP contribution in [0.2, 0.25) is 0 Å². The molecule has 0 saturated carbocycles. The second kappa shape index (κ2) is 12.7. The molecule has 3 aromatic carbocycles. The zero-order chi connectivity index (χ0) is 28.2. The summed E-state index contributed by atoms with van der Waals surface area (Å²) in [5.41, 5.74) is 3.53. The molecule has 41 heavy (non-hydrogen) atoms. The van der Waals surface area contributed by atoms with E-state index < -0.39 is 5.97 Å². The Morgan fingerprint density at radius 1 is 0.902 bits per heavy atom. The number of methoxy groups -OCH3 is 1. The first-order valence-corrected chi connectivity index (χ1v) is 13.5. The summed E-state index contributed by atoms with van der Waals surface area (Å²) in [7, 11) is 1.59. The summed E-state index contributed by atoms with van der Waals surface area (Å²) in [6, 6.07) is 22.7. The number of fused-ring (bicyclic) bond motifs is 1. The Morgan fingerprint density at radius 3 is 2.22 bits per heavy atom. The van der Waals surface area contributed by atoms with E-state index in [2.05, 4.69) is 0 Å². The molecule has 1 aliphatic heterocycles. The van der Waals surface area contributed by atoms with Gasteiger partial charge >= 0.3 is 5.97 Å². The molecule has 214 valence electrons. The lowest BCUT2D eigenvalue weighted by Crippen LogP contribution is -2.49. The summed E-state index contributed by atoms with van der Waals surface area (Å²) in [5.74, 6) is -0.00612. The van der Waals surface area contributed by atoms with Gasteiger partial charge < -0.3 is 23.8 Å². The zero-order valence-corrected chi connectivity index (χ0v) is 23.1.